The molecule has 3 N–H and O–H groups in total. The van der Waals surface area contributed by atoms with Crippen LogP contribution in [0.25, 0.3) is 0 Å². The van der Waals surface area contributed by atoms with Gasteiger partial charge in [0.15, 0.2) is 0 Å². The smallest absolute Gasteiger partial charge is 0.0208 e. The largest absolute Gasteiger partial charge is 0.326 e. The second-order valence-electron chi connectivity index (χ2n) is 4.45. The van der Waals surface area contributed by atoms with Gasteiger partial charge >= 0.3 is 0 Å². The van der Waals surface area contributed by atoms with E-state index in [2.05, 4.69) is 37.4 Å². The van der Waals surface area contributed by atoms with Crippen LogP contribution < -0.4 is 11.1 Å². The van der Waals surface area contributed by atoms with Crippen LogP contribution in [0.2, 0.25) is 0 Å². The van der Waals surface area contributed by atoms with E-state index in [1.54, 1.807) is 0 Å². The Balaban J connectivity index is 2.31. The molecule has 90 valence electrons. The van der Waals surface area contributed by atoms with Gasteiger partial charge in [0.05, 0.1) is 0 Å². The van der Waals surface area contributed by atoms with Gasteiger partial charge in [0.25, 0.3) is 0 Å². The maximum absolute atomic E-state index is 5.70. The Morgan fingerprint density at radius 1 is 1.25 bits per heavy atom. The molecule has 0 aromatic heterocycles. The number of hydrogen-bond donors (Lipinski definition) is 2. The van der Waals surface area contributed by atoms with Crippen LogP contribution in [-0.2, 0) is 13.1 Å². The first-order valence-corrected chi connectivity index (χ1v) is 6.25. The van der Waals surface area contributed by atoms with Crippen molar-refractivity contribution in [3.8, 4) is 0 Å². The summed E-state index contributed by atoms with van der Waals surface area (Å²) in [4.78, 5) is 0. The van der Waals surface area contributed by atoms with Crippen molar-refractivity contribution in [3.05, 3.63) is 35.4 Å². The highest BCUT2D eigenvalue weighted by Crippen LogP contribution is 2.08. The molecule has 0 saturated heterocycles. The van der Waals surface area contributed by atoms with Gasteiger partial charge in [0.1, 0.15) is 0 Å². The highest BCUT2D eigenvalue weighted by molar-refractivity contribution is 5.26. The Labute approximate surface area is 99.2 Å². The second-order valence-corrected chi connectivity index (χ2v) is 4.45. The molecule has 0 heterocycles. The van der Waals surface area contributed by atoms with Crippen LogP contribution in [0.5, 0.6) is 0 Å². The summed E-state index contributed by atoms with van der Waals surface area (Å²) in [5.41, 5.74) is 8.27. The topological polar surface area (TPSA) is 38.0 Å². The summed E-state index contributed by atoms with van der Waals surface area (Å²) in [5.74, 6) is 0.817. The number of nitrogens with one attached hydrogen (secondary N) is 1. The average molecular weight is 220 g/mol. The fourth-order valence-corrected chi connectivity index (χ4v) is 1.70. The number of rotatable bonds is 7. The molecule has 1 atom stereocenters. The monoisotopic (exact) mass is 220 g/mol. The molecule has 0 radical (unpaired) electrons. The zero-order valence-electron chi connectivity index (χ0n) is 10.5. The third kappa shape index (κ3) is 4.33. The molecule has 0 aliphatic carbocycles. The van der Waals surface area contributed by atoms with Gasteiger partial charge in [-0.05, 0) is 30.0 Å². The molecule has 1 unspecified atom stereocenters. The van der Waals surface area contributed by atoms with E-state index in [-0.39, 0.29) is 0 Å². The predicted molar refractivity (Wildman–Crippen MR) is 70.1 cm³/mol. The number of nitrogens with two attached hydrogens (primary N) is 1. The Kier molecular flexibility index (Phi) is 6.12. The standard InChI is InChI=1S/C14H24N2/c1-3-12(2)8-9-16-11-14-7-5-4-6-13(14)10-15/h4-7,12,16H,3,8-11,15H2,1-2H3. The van der Waals surface area contributed by atoms with Gasteiger partial charge < -0.3 is 11.1 Å². The Hall–Kier alpha value is -0.860. The van der Waals surface area contributed by atoms with Gasteiger partial charge in [0.2, 0.25) is 0 Å². The van der Waals surface area contributed by atoms with Gasteiger partial charge in [0, 0.05) is 13.1 Å². The summed E-state index contributed by atoms with van der Waals surface area (Å²) < 4.78 is 0. The van der Waals surface area contributed by atoms with Crippen LogP contribution in [0, 0.1) is 5.92 Å². The molecule has 0 spiro atoms. The van der Waals surface area contributed by atoms with Crippen LogP contribution >= 0.6 is 0 Å². The molecular weight excluding hydrogens is 196 g/mol. The average Bonchev–Trinajstić information content (AvgIpc) is 2.34. The zero-order chi connectivity index (χ0) is 11.8. The summed E-state index contributed by atoms with van der Waals surface area (Å²) in [6.07, 6.45) is 2.52. The van der Waals surface area contributed by atoms with E-state index < -0.39 is 0 Å². The highest BCUT2D eigenvalue weighted by Gasteiger charge is 2.00. The molecule has 0 fully saturated rings. The van der Waals surface area contributed by atoms with Gasteiger partial charge in [-0.25, -0.2) is 0 Å². The van der Waals surface area contributed by atoms with Crippen molar-refractivity contribution < 1.29 is 0 Å². The zero-order valence-corrected chi connectivity index (χ0v) is 10.5. The first-order chi connectivity index (χ1) is 7.77. The predicted octanol–water partition coefficient (Wildman–Crippen LogP) is 2.67. The molecule has 2 nitrogen and oxygen atoms in total. The summed E-state index contributed by atoms with van der Waals surface area (Å²) >= 11 is 0. The lowest BCUT2D eigenvalue weighted by atomic mass is 10.0. The first-order valence-electron chi connectivity index (χ1n) is 6.25. The fourth-order valence-electron chi connectivity index (χ4n) is 1.70. The fraction of sp³-hybridized carbons (Fsp3) is 0.571. The maximum atomic E-state index is 5.70. The summed E-state index contributed by atoms with van der Waals surface area (Å²) in [6, 6.07) is 8.37. The van der Waals surface area contributed by atoms with Gasteiger partial charge in [-0.15, -0.1) is 0 Å². The highest BCUT2D eigenvalue weighted by atomic mass is 14.8. The van der Waals surface area contributed by atoms with E-state index in [0.29, 0.717) is 6.54 Å². The van der Waals surface area contributed by atoms with E-state index in [0.717, 1.165) is 19.0 Å². The van der Waals surface area contributed by atoms with E-state index in [1.165, 1.54) is 24.0 Å². The molecular formula is C14H24N2. The van der Waals surface area contributed by atoms with E-state index in [1.807, 2.05) is 6.07 Å². The van der Waals surface area contributed by atoms with Crippen molar-refractivity contribution in [3.63, 3.8) is 0 Å². The third-order valence-corrected chi connectivity index (χ3v) is 3.16. The van der Waals surface area contributed by atoms with Crippen molar-refractivity contribution in [1.29, 1.82) is 0 Å². The third-order valence-electron chi connectivity index (χ3n) is 3.16. The minimum absolute atomic E-state index is 0.628. The van der Waals surface area contributed by atoms with E-state index in [4.69, 9.17) is 5.73 Å². The Bertz CT molecular complexity index is 297. The van der Waals surface area contributed by atoms with E-state index >= 15 is 0 Å². The molecule has 1 aromatic carbocycles. The van der Waals surface area contributed by atoms with Crippen molar-refractivity contribution in [2.24, 2.45) is 11.7 Å². The number of hydrogen-bond acceptors (Lipinski definition) is 2. The number of benzene rings is 1. The molecule has 0 amide bonds. The molecule has 16 heavy (non-hydrogen) atoms. The van der Waals surface area contributed by atoms with Crippen LogP contribution in [0.15, 0.2) is 24.3 Å². The summed E-state index contributed by atoms with van der Waals surface area (Å²) in [6.45, 7) is 7.20. The van der Waals surface area contributed by atoms with Gasteiger partial charge in [-0.1, -0.05) is 44.5 Å². The lowest BCUT2D eigenvalue weighted by Crippen LogP contribution is -2.18. The molecule has 0 bridgehead atoms. The second kappa shape index (κ2) is 7.42. The van der Waals surface area contributed by atoms with Crippen LogP contribution in [0.1, 0.15) is 37.8 Å². The summed E-state index contributed by atoms with van der Waals surface area (Å²) in [7, 11) is 0. The molecule has 0 aliphatic heterocycles. The van der Waals surface area contributed by atoms with Crippen molar-refractivity contribution in [2.45, 2.75) is 39.8 Å². The van der Waals surface area contributed by atoms with Gasteiger partial charge in [-0.2, -0.15) is 0 Å². The van der Waals surface area contributed by atoms with Gasteiger partial charge in [-0.3, -0.25) is 0 Å². The van der Waals surface area contributed by atoms with Crippen LogP contribution in [-0.4, -0.2) is 6.54 Å². The molecule has 1 aromatic rings. The molecule has 0 saturated carbocycles. The van der Waals surface area contributed by atoms with E-state index in [9.17, 15) is 0 Å². The lowest BCUT2D eigenvalue weighted by Gasteiger charge is -2.11. The van der Waals surface area contributed by atoms with Crippen molar-refractivity contribution in [2.75, 3.05) is 6.54 Å². The van der Waals surface area contributed by atoms with Crippen molar-refractivity contribution >= 4 is 0 Å². The quantitative estimate of drug-likeness (QED) is 0.693. The normalized spacial score (nSPS) is 12.7. The van der Waals surface area contributed by atoms with Crippen molar-refractivity contribution in [1.82, 2.24) is 5.32 Å². The van der Waals surface area contributed by atoms with Crippen LogP contribution in [0.3, 0.4) is 0 Å². The maximum Gasteiger partial charge on any atom is 0.0208 e. The lowest BCUT2D eigenvalue weighted by molar-refractivity contribution is 0.487. The SMILES string of the molecule is CCC(C)CCNCc1ccccc1CN. The minimum atomic E-state index is 0.628. The minimum Gasteiger partial charge on any atom is -0.326 e. The molecule has 1 rings (SSSR count). The first kappa shape index (κ1) is 13.2. The summed E-state index contributed by atoms with van der Waals surface area (Å²) in [5, 5.41) is 3.49. The molecule has 2 heteroatoms. The van der Waals surface area contributed by atoms with Crippen LogP contribution in [0.4, 0.5) is 0 Å². The Morgan fingerprint density at radius 2 is 1.94 bits per heavy atom. The molecule has 0 aliphatic rings. The Morgan fingerprint density at radius 3 is 2.56 bits per heavy atom.